The zero-order chi connectivity index (χ0) is 13.7. The molecule has 2 heterocycles. The van der Waals surface area contributed by atoms with E-state index in [0.29, 0.717) is 30.5 Å². The summed E-state index contributed by atoms with van der Waals surface area (Å²) in [4.78, 5) is 16.3. The number of piperidine rings is 1. The van der Waals surface area contributed by atoms with Gasteiger partial charge in [-0.05, 0) is 65.8 Å². The maximum Gasteiger partial charge on any atom is 0.139 e. The van der Waals surface area contributed by atoms with Crippen LogP contribution < -0.4 is 5.32 Å². The number of carbonyl (C=O) groups is 1. The van der Waals surface area contributed by atoms with Gasteiger partial charge in [-0.25, -0.2) is 0 Å². The third kappa shape index (κ3) is 4.69. The Morgan fingerprint density at radius 1 is 1.58 bits per heavy atom. The standard InChI is InChI=1S/C15H21BrN2O/c1-11(12-3-2-6-17-9-12)7-15(19)8-14-5-4-13(16)10-18-14/h4-5,10-12,17H,2-3,6-9H2,1H3. The van der Waals surface area contributed by atoms with Gasteiger partial charge in [0.25, 0.3) is 0 Å². The Morgan fingerprint density at radius 3 is 3.05 bits per heavy atom. The van der Waals surface area contributed by atoms with Crippen LogP contribution in [-0.4, -0.2) is 23.9 Å². The first kappa shape index (κ1) is 14.7. The lowest BCUT2D eigenvalue weighted by Crippen LogP contribution is -2.34. The van der Waals surface area contributed by atoms with Crippen LogP contribution in [0.2, 0.25) is 0 Å². The Labute approximate surface area is 123 Å². The minimum atomic E-state index is 0.299. The molecule has 1 aliphatic heterocycles. The molecule has 2 rings (SSSR count). The van der Waals surface area contributed by atoms with Crippen molar-refractivity contribution >= 4 is 21.7 Å². The van der Waals surface area contributed by atoms with Gasteiger partial charge in [-0.3, -0.25) is 9.78 Å². The molecular formula is C15H21BrN2O. The highest BCUT2D eigenvalue weighted by Gasteiger charge is 2.22. The molecule has 19 heavy (non-hydrogen) atoms. The van der Waals surface area contributed by atoms with Crippen molar-refractivity contribution in [3.63, 3.8) is 0 Å². The van der Waals surface area contributed by atoms with Crippen molar-refractivity contribution in [1.82, 2.24) is 10.3 Å². The van der Waals surface area contributed by atoms with Crippen LogP contribution in [0, 0.1) is 11.8 Å². The summed E-state index contributed by atoms with van der Waals surface area (Å²) in [7, 11) is 0. The molecule has 3 nitrogen and oxygen atoms in total. The summed E-state index contributed by atoms with van der Waals surface area (Å²) < 4.78 is 0.949. The zero-order valence-corrected chi connectivity index (χ0v) is 12.9. The van der Waals surface area contributed by atoms with Gasteiger partial charge in [0.1, 0.15) is 5.78 Å². The first-order valence-electron chi connectivity index (χ1n) is 6.98. The Hall–Kier alpha value is -0.740. The number of nitrogens with one attached hydrogen (secondary N) is 1. The van der Waals surface area contributed by atoms with Crippen molar-refractivity contribution in [2.24, 2.45) is 11.8 Å². The van der Waals surface area contributed by atoms with Crippen molar-refractivity contribution in [3.8, 4) is 0 Å². The Balaban J connectivity index is 1.81. The molecule has 0 bridgehead atoms. The minimum Gasteiger partial charge on any atom is -0.316 e. The molecule has 1 aliphatic rings. The number of nitrogens with zero attached hydrogens (tertiary/aromatic N) is 1. The van der Waals surface area contributed by atoms with Crippen molar-refractivity contribution in [3.05, 3.63) is 28.5 Å². The first-order valence-corrected chi connectivity index (χ1v) is 7.77. The Morgan fingerprint density at radius 2 is 2.42 bits per heavy atom. The quantitative estimate of drug-likeness (QED) is 0.905. The summed E-state index contributed by atoms with van der Waals surface area (Å²) in [5, 5.41) is 3.42. The molecule has 104 valence electrons. The number of aromatic nitrogens is 1. The fourth-order valence-electron chi connectivity index (χ4n) is 2.68. The molecule has 2 unspecified atom stereocenters. The molecular weight excluding hydrogens is 304 g/mol. The normalized spacial score (nSPS) is 21.1. The predicted molar refractivity (Wildman–Crippen MR) is 80.0 cm³/mol. The lowest BCUT2D eigenvalue weighted by Gasteiger charge is -2.27. The van der Waals surface area contributed by atoms with Gasteiger partial charge in [-0.15, -0.1) is 0 Å². The van der Waals surface area contributed by atoms with Crippen LogP contribution in [0.15, 0.2) is 22.8 Å². The van der Waals surface area contributed by atoms with Gasteiger partial charge in [-0.1, -0.05) is 6.92 Å². The molecule has 0 amide bonds. The monoisotopic (exact) mass is 324 g/mol. The Bertz CT molecular complexity index is 413. The van der Waals surface area contributed by atoms with E-state index in [0.717, 1.165) is 23.3 Å². The van der Waals surface area contributed by atoms with Crippen molar-refractivity contribution < 1.29 is 4.79 Å². The van der Waals surface area contributed by atoms with E-state index < -0.39 is 0 Å². The first-order chi connectivity index (χ1) is 9.15. The average Bonchev–Trinajstić information content (AvgIpc) is 2.42. The van der Waals surface area contributed by atoms with Crippen LogP contribution in [0.25, 0.3) is 0 Å². The van der Waals surface area contributed by atoms with E-state index in [1.807, 2.05) is 12.1 Å². The largest absolute Gasteiger partial charge is 0.316 e. The van der Waals surface area contributed by atoms with Gasteiger partial charge in [0.2, 0.25) is 0 Å². The lowest BCUT2D eigenvalue weighted by molar-refractivity contribution is -0.119. The van der Waals surface area contributed by atoms with Crippen molar-refractivity contribution in [1.29, 1.82) is 0 Å². The molecule has 1 saturated heterocycles. The van der Waals surface area contributed by atoms with E-state index in [9.17, 15) is 4.79 Å². The van der Waals surface area contributed by atoms with Crippen LogP contribution in [0.5, 0.6) is 0 Å². The number of halogens is 1. The topological polar surface area (TPSA) is 42.0 Å². The number of rotatable bonds is 5. The van der Waals surface area contributed by atoms with Crippen LogP contribution in [0.1, 0.15) is 31.9 Å². The summed E-state index contributed by atoms with van der Waals surface area (Å²) >= 11 is 3.35. The number of hydrogen-bond acceptors (Lipinski definition) is 3. The number of ketones is 1. The molecule has 4 heteroatoms. The van der Waals surface area contributed by atoms with Gasteiger partial charge in [-0.2, -0.15) is 0 Å². The van der Waals surface area contributed by atoms with E-state index >= 15 is 0 Å². The summed E-state index contributed by atoms with van der Waals surface area (Å²) in [6.45, 7) is 4.38. The van der Waals surface area contributed by atoms with Crippen molar-refractivity contribution in [2.75, 3.05) is 13.1 Å². The smallest absolute Gasteiger partial charge is 0.139 e. The van der Waals surface area contributed by atoms with E-state index in [1.54, 1.807) is 6.20 Å². The average molecular weight is 325 g/mol. The number of Topliss-reactive ketones (excluding diaryl/α,β-unsaturated/α-hetero) is 1. The summed E-state index contributed by atoms with van der Waals surface area (Å²) in [6.07, 6.45) is 5.36. The number of hydrogen-bond donors (Lipinski definition) is 1. The van der Waals surface area contributed by atoms with Crippen molar-refractivity contribution in [2.45, 2.75) is 32.6 Å². The molecule has 0 spiro atoms. The molecule has 1 fully saturated rings. The molecule has 1 N–H and O–H groups in total. The van der Waals surface area contributed by atoms with E-state index in [1.165, 1.54) is 12.8 Å². The second-order valence-electron chi connectivity index (χ2n) is 5.47. The maximum absolute atomic E-state index is 12.1. The summed E-state index contributed by atoms with van der Waals surface area (Å²) in [5.41, 5.74) is 0.863. The molecule has 0 radical (unpaired) electrons. The Kier molecular flexibility index (Phi) is 5.52. The SMILES string of the molecule is CC(CC(=O)Cc1ccc(Br)cn1)C1CCCNC1. The lowest BCUT2D eigenvalue weighted by atomic mass is 9.84. The number of carbonyl (C=O) groups excluding carboxylic acids is 1. The fourth-order valence-corrected chi connectivity index (χ4v) is 2.91. The van der Waals surface area contributed by atoms with Gasteiger partial charge in [0.05, 0.1) is 0 Å². The maximum atomic E-state index is 12.1. The van der Waals surface area contributed by atoms with E-state index in [4.69, 9.17) is 0 Å². The third-order valence-electron chi connectivity index (χ3n) is 3.86. The van der Waals surface area contributed by atoms with Gasteiger partial charge < -0.3 is 5.32 Å². The summed E-state index contributed by atoms with van der Waals surface area (Å²) in [6, 6.07) is 3.85. The highest BCUT2D eigenvalue weighted by Crippen LogP contribution is 2.23. The molecule has 2 atom stereocenters. The second-order valence-corrected chi connectivity index (χ2v) is 6.39. The fraction of sp³-hybridized carbons (Fsp3) is 0.600. The van der Waals surface area contributed by atoms with Crippen LogP contribution >= 0.6 is 15.9 Å². The molecule has 1 aromatic rings. The second kappa shape index (κ2) is 7.15. The van der Waals surface area contributed by atoms with Crippen LogP contribution in [0.3, 0.4) is 0 Å². The zero-order valence-electron chi connectivity index (χ0n) is 11.4. The number of pyridine rings is 1. The predicted octanol–water partition coefficient (Wildman–Crippen LogP) is 2.98. The third-order valence-corrected chi connectivity index (χ3v) is 4.33. The highest BCUT2D eigenvalue weighted by atomic mass is 79.9. The highest BCUT2D eigenvalue weighted by molar-refractivity contribution is 9.10. The summed E-state index contributed by atoms with van der Waals surface area (Å²) in [5.74, 6) is 1.42. The van der Waals surface area contributed by atoms with Crippen LogP contribution in [-0.2, 0) is 11.2 Å². The van der Waals surface area contributed by atoms with E-state index in [-0.39, 0.29) is 0 Å². The molecule has 0 aromatic carbocycles. The molecule has 1 aromatic heterocycles. The van der Waals surface area contributed by atoms with Crippen LogP contribution in [0.4, 0.5) is 0 Å². The van der Waals surface area contributed by atoms with Gasteiger partial charge in [0.15, 0.2) is 0 Å². The molecule has 0 aliphatic carbocycles. The van der Waals surface area contributed by atoms with Gasteiger partial charge in [0, 0.05) is 29.2 Å². The molecule has 0 saturated carbocycles. The van der Waals surface area contributed by atoms with E-state index in [2.05, 4.69) is 33.2 Å². The minimum absolute atomic E-state index is 0.299. The van der Waals surface area contributed by atoms with Gasteiger partial charge >= 0.3 is 0 Å².